The van der Waals surface area contributed by atoms with Gasteiger partial charge in [0.2, 0.25) is 0 Å². The zero-order valence-electron chi connectivity index (χ0n) is 16.4. The summed E-state index contributed by atoms with van der Waals surface area (Å²) in [5.41, 5.74) is 1.47. The third kappa shape index (κ3) is 4.78. The number of halogens is 2. The van der Waals surface area contributed by atoms with Gasteiger partial charge < -0.3 is 19.8 Å². The van der Waals surface area contributed by atoms with E-state index < -0.39 is 42.6 Å². The molecule has 0 aromatic heterocycles. The van der Waals surface area contributed by atoms with Crippen LogP contribution in [0.15, 0.2) is 48.5 Å². The third-order valence-electron chi connectivity index (χ3n) is 5.25. The SMILES string of the molecule is CCC(CO)N1C(=O)[C@@H](CC(=O)O)OC(c2cccc(Cl)c2)C1c1ccc(Cl)cc1. The largest absolute Gasteiger partial charge is 0.481 e. The van der Waals surface area contributed by atoms with Crippen LogP contribution in [0.4, 0.5) is 0 Å². The molecule has 1 fully saturated rings. The van der Waals surface area contributed by atoms with Crippen molar-refractivity contribution in [2.75, 3.05) is 6.61 Å². The van der Waals surface area contributed by atoms with E-state index in [2.05, 4.69) is 0 Å². The Labute approximate surface area is 185 Å². The Morgan fingerprint density at radius 1 is 1.13 bits per heavy atom. The Morgan fingerprint density at radius 3 is 2.40 bits per heavy atom. The summed E-state index contributed by atoms with van der Waals surface area (Å²) in [6.45, 7) is 1.61. The monoisotopic (exact) mass is 451 g/mol. The topological polar surface area (TPSA) is 87.1 Å². The Hall–Kier alpha value is -2.12. The first kappa shape index (κ1) is 22.6. The number of carbonyl (C=O) groups is 2. The van der Waals surface area contributed by atoms with E-state index >= 15 is 0 Å². The molecule has 1 amide bonds. The third-order valence-corrected chi connectivity index (χ3v) is 5.74. The lowest BCUT2D eigenvalue weighted by Gasteiger charge is -2.47. The smallest absolute Gasteiger partial charge is 0.306 e. The first-order chi connectivity index (χ1) is 14.3. The highest BCUT2D eigenvalue weighted by molar-refractivity contribution is 6.30. The van der Waals surface area contributed by atoms with Gasteiger partial charge in [0.15, 0.2) is 0 Å². The average Bonchev–Trinajstić information content (AvgIpc) is 2.71. The van der Waals surface area contributed by atoms with Crippen molar-refractivity contribution in [2.45, 2.75) is 44.1 Å². The maximum Gasteiger partial charge on any atom is 0.306 e. The van der Waals surface area contributed by atoms with E-state index in [-0.39, 0.29) is 6.61 Å². The van der Waals surface area contributed by atoms with Crippen LogP contribution in [0.3, 0.4) is 0 Å². The van der Waals surface area contributed by atoms with Gasteiger partial charge in [0.25, 0.3) is 5.91 Å². The van der Waals surface area contributed by atoms with E-state index in [1.807, 2.05) is 13.0 Å². The van der Waals surface area contributed by atoms with Crippen molar-refractivity contribution >= 4 is 35.1 Å². The number of aliphatic hydroxyl groups is 1. The van der Waals surface area contributed by atoms with Gasteiger partial charge in [-0.25, -0.2) is 0 Å². The van der Waals surface area contributed by atoms with Gasteiger partial charge in [-0.1, -0.05) is 54.4 Å². The van der Waals surface area contributed by atoms with Crippen LogP contribution in [0, 0.1) is 0 Å². The van der Waals surface area contributed by atoms with Gasteiger partial charge in [-0.3, -0.25) is 9.59 Å². The average molecular weight is 452 g/mol. The van der Waals surface area contributed by atoms with Crippen molar-refractivity contribution in [3.05, 3.63) is 69.7 Å². The molecule has 4 atom stereocenters. The van der Waals surface area contributed by atoms with E-state index in [9.17, 15) is 19.8 Å². The molecule has 0 bridgehead atoms. The Kier molecular flexibility index (Phi) is 7.36. The summed E-state index contributed by atoms with van der Waals surface area (Å²) in [7, 11) is 0. The molecule has 0 saturated carbocycles. The fourth-order valence-electron chi connectivity index (χ4n) is 3.81. The number of nitrogens with zero attached hydrogens (tertiary/aromatic N) is 1. The molecule has 3 unspecified atom stereocenters. The van der Waals surface area contributed by atoms with Crippen LogP contribution < -0.4 is 0 Å². The molecule has 0 aliphatic carbocycles. The number of carbonyl (C=O) groups excluding carboxylic acids is 1. The number of aliphatic carboxylic acids is 1. The highest BCUT2D eigenvalue weighted by atomic mass is 35.5. The standard InChI is InChI=1S/C22H23Cl2NO5/c1-2-17(12-26)25-20(13-6-8-15(23)9-7-13)21(14-4-3-5-16(24)10-14)30-18(22(25)29)11-19(27)28/h3-10,17-18,20-21,26H,2,11-12H2,1H3,(H,27,28)/t17?,18-,20?,21?/m1/s1. The van der Waals surface area contributed by atoms with Crippen LogP contribution in [-0.2, 0) is 14.3 Å². The van der Waals surface area contributed by atoms with Crippen LogP contribution in [0.5, 0.6) is 0 Å². The summed E-state index contributed by atoms with van der Waals surface area (Å²) in [5, 5.41) is 20.3. The number of aliphatic hydroxyl groups excluding tert-OH is 1. The van der Waals surface area contributed by atoms with Crippen molar-refractivity contribution in [2.24, 2.45) is 0 Å². The molecule has 8 heteroatoms. The fraction of sp³-hybridized carbons (Fsp3) is 0.364. The Morgan fingerprint density at radius 2 is 1.83 bits per heavy atom. The molecule has 1 aliphatic heterocycles. The molecule has 6 nitrogen and oxygen atoms in total. The fourth-order valence-corrected chi connectivity index (χ4v) is 4.14. The predicted octanol–water partition coefficient (Wildman–Crippen LogP) is 4.25. The summed E-state index contributed by atoms with van der Waals surface area (Å²) in [4.78, 5) is 26.2. The molecular weight excluding hydrogens is 429 g/mol. The Bertz CT molecular complexity index is 901. The van der Waals surface area contributed by atoms with Gasteiger partial charge in [0.05, 0.1) is 25.1 Å². The van der Waals surface area contributed by atoms with Gasteiger partial charge in [-0.2, -0.15) is 0 Å². The van der Waals surface area contributed by atoms with Crippen LogP contribution in [0.1, 0.15) is 43.0 Å². The Balaban J connectivity index is 2.16. The summed E-state index contributed by atoms with van der Waals surface area (Å²) in [5.74, 6) is -1.60. The number of carboxylic acids is 1. The molecule has 0 spiro atoms. The number of benzene rings is 2. The van der Waals surface area contributed by atoms with E-state index in [1.165, 1.54) is 0 Å². The lowest BCUT2D eigenvalue weighted by atomic mass is 9.89. The minimum atomic E-state index is -1.17. The van der Waals surface area contributed by atoms with Gasteiger partial charge in [0, 0.05) is 10.0 Å². The molecule has 1 heterocycles. The van der Waals surface area contributed by atoms with Crippen LogP contribution in [0.2, 0.25) is 10.0 Å². The molecule has 1 aliphatic rings. The lowest BCUT2D eigenvalue weighted by Crippen LogP contribution is -2.56. The molecule has 3 rings (SSSR count). The van der Waals surface area contributed by atoms with Gasteiger partial charge in [-0.15, -0.1) is 0 Å². The number of hydrogen-bond donors (Lipinski definition) is 2. The van der Waals surface area contributed by atoms with Crippen LogP contribution in [0.25, 0.3) is 0 Å². The number of rotatable bonds is 7. The second-order valence-electron chi connectivity index (χ2n) is 7.18. The minimum absolute atomic E-state index is 0.256. The quantitative estimate of drug-likeness (QED) is 0.656. The van der Waals surface area contributed by atoms with Gasteiger partial charge >= 0.3 is 5.97 Å². The molecule has 30 heavy (non-hydrogen) atoms. The second kappa shape index (κ2) is 9.79. The van der Waals surface area contributed by atoms with Crippen molar-refractivity contribution in [1.82, 2.24) is 4.90 Å². The van der Waals surface area contributed by atoms with Crippen molar-refractivity contribution in [1.29, 1.82) is 0 Å². The maximum atomic E-state index is 13.3. The van der Waals surface area contributed by atoms with Crippen LogP contribution >= 0.6 is 23.2 Å². The molecule has 1 saturated heterocycles. The van der Waals surface area contributed by atoms with E-state index in [1.54, 1.807) is 47.4 Å². The zero-order chi connectivity index (χ0) is 21.8. The number of ether oxygens (including phenoxy) is 1. The van der Waals surface area contributed by atoms with Crippen molar-refractivity contribution < 1.29 is 24.5 Å². The predicted molar refractivity (Wildman–Crippen MR) is 114 cm³/mol. The highest BCUT2D eigenvalue weighted by Gasteiger charge is 2.46. The number of amides is 1. The number of carboxylic acid groups (broad SMARTS) is 1. The van der Waals surface area contributed by atoms with E-state index in [0.717, 1.165) is 5.56 Å². The van der Waals surface area contributed by atoms with E-state index in [4.69, 9.17) is 27.9 Å². The molecule has 2 N–H and O–H groups in total. The highest BCUT2D eigenvalue weighted by Crippen LogP contribution is 2.44. The summed E-state index contributed by atoms with van der Waals surface area (Å²) >= 11 is 12.2. The first-order valence-corrected chi connectivity index (χ1v) is 10.4. The molecule has 0 radical (unpaired) electrons. The molecule has 2 aromatic rings. The number of hydrogen-bond acceptors (Lipinski definition) is 4. The van der Waals surface area contributed by atoms with Crippen molar-refractivity contribution in [3.63, 3.8) is 0 Å². The molecular formula is C22H23Cl2NO5. The molecule has 160 valence electrons. The maximum absolute atomic E-state index is 13.3. The zero-order valence-corrected chi connectivity index (χ0v) is 17.9. The van der Waals surface area contributed by atoms with E-state index in [0.29, 0.717) is 22.0 Å². The van der Waals surface area contributed by atoms with Crippen molar-refractivity contribution in [3.8, 4) is 0 Å². The summed E-state index contributed by atoms with van der Waals surface area (Å²) < 4.78 is 6.07. The lowest BCUT2D eigenvalue weighted by molar-refractivity contribution is -0.184. The van der Waals surface area contributed by atoms with Crippen LogP contribution in [-0.4, -0.2) is 45.7 Å². The second-order valence-corrected chi connectivity index (χ2v) is 8.06. The molecule has 2 aromatic carbocycles. The first-order valence-electron chi connectivity index (χ1n) is 9.66. The normalized spacial score (nSPS) is 22.7. The van der Waals surface area contributed by atoms with Gasteiger partial charge in [0.1, 0.15) is 12.2 Å². The number of morpholine rings is 1. The minimum Gasteiger partial charge on any atom is -0.481 e. The summed E-state index contributed by atoms with van der Waals surface area (Å²) in [6.07, 6.45) is -1.82. The summed E-state index contributed by atoms with van der Waals surface area (Å²) in [6, 6.07) is 13.0. The van der Waals surface area contributed by atoms with Gasteiger partial charge in [-0.05, 0) is 41.8 Å².